The molecule has 1 aromatic carbocycles. The zero-order valence-electron chi connectivity index (χ0n) is 19.2. The number of aliphatic carboxylic acids is 1. The van der Waals surface area contributed by atoms with Gasteiger partial charge in [-0.15, -0.1) is 0 Å². The van der Waals surface area contributed by atoms with E-state index in [9.17, 15) is 29.6 Å². The summed E-state index contributed by atoms with van der Waals surface area (Å²) in [6.45, 7) is 3.87. The standard InChI is InChI=1S/C23H29N5O6.Na.H/c1-15-8-10-25-20(11-15)24-9-4-3-5-21(29)26-14-22(30)27-18(13-23(31)32)17-7-6-16(2)19(12-17)28(33)34;;/h6-8,10-12,18H,3-5,9,13-14H2,1-2H3,(H,24,25)(H,26,29)(H,27,30)(H,31,32);;. The van der Waals surface area contributed by atoms with Crippen molar-refractivity contribution in [3.05, 3.63) is 63.3 Å². The Morgan fingerprint density at radius 3 is 2.51 bits per heavy atom. The zero-order chi connectivity index (χ0) is 25.1. The van der Waals surface area contributed by atoms with Crippen LogP contribution in [-0.2, 0) is 14.4 Å². The molecular formula is C23H30N5NaO6. The van der Waals surface area contributed by atoms with Crippen molar-refractivity contribution in [1.82, 2.24) is 15.6 Å². The van der Waals surface area contributed by atoms with Gasteiger partial charge in [-0.3, -0.25) is 24.5 Å². The molecule has 0 saturated carbocycles. The van der Waals surface area contributed by atoms with Gasteiger partial charge in [0, 0.05) is 30.8 Å². The van der Waals surface area contributed by atoms with Gasteiger partial charge in [-0.1, -0.05) is 12.1 Å². The van der Waals surface area contributed by atoms with Crippen molar-refractivity contribution in [3.8, 4) is 0 Å². The van der Waals surface area contributed by atoms with E-state index < -0.39 is 29.3 Å². The van der Waals surface area contributed by atoms with Crippen LogP contribution < -0.4 is 16.0 Å². The average molecular weight is 496 g/mol. The van der Waals surface area contributed by atoms with Crippen LogP contribution in [0.15, 0.2) is 36.5 Å². The van der Waals surface area contributed by atoms with Crippen LogP contribution in [0.2, 0.25) is 0 Å². The number of hydrogen-bond donors (Lipinski definition) is 4. The number of hydrogen-bond acceptors (Lipinski definition) is 7. The molecule has 1 heterocycles. The molecule has 0 aliphatic carbocycles. The van der Waals surface area contributed by atoms with Crippen molar-refractivity contribution in [2.75, 3.05) is 18.4 Å². The number of anilines is 1. The van der Waals surface area contributed by atoms with Crippen LogP contribution in [0.3, 0.4) is 0 Å². The predicted molar refractivity (Wildman–Crippen MR) is 132 cm³/mol. The molecule has 0 spiro atoms. The van der Waals surface area contributed by atoms with Crippen LogP contribution in [0, 0.1) is 24.0 Å². The number of nitrogens with zero attached hydrogens (tertiary/aromatic N) is 2. The van der Waals surface area contributed by atoms with Gasteiger partial charge in [0.15, 0.2) is 0 Å². The number of carbonyl (C=O) groups excluding carboxylic acids is 2. The first-order valence-electron chi connectivity index (χ1n) is 10.8. The Labute approximate surface area is 225 Å². The van der Waals surface area contributed by atoms with E-state index >= 15 is 0 Å². The molecular weight excluding hydrogens is 465 g/mol. The Kier molecular flexibility index (Phi) is 12.9. The van der Waals surface area contributed by atoms with Gasteiger partial charge in [0.1, 0.15) is 5.82 Å². The third kappa shape index (κ3) is 10.8. The maximum absolute atomic E-state index is 12.3. The molecule has 11 nitrogen and oxygen atoms in total. The Balaban J connectivity index is 0.00000612. The molecule has 0 saturated heterocycles. The molecule has 1 unspecified atom stereocenters. The summed E-state index contributed by atoms with van der Waals surface area (Å²) in [6.07, 6.45) is 2.85. The molecule has 2 rings (SSSR count). The molecule has 12 heteroatoms. The van der Waals surface area contributed by atoms with E-state index in [1.807, 2.05) is 19.1 Å². The van der Waals surface area contributed by atoms with Gasteiger partial charge >= 0.3 is 35.5 Å². The molecule has 1 atom stereocenters. The minimum atomic E-state index is -1.17. The third-order valence-corrected chi connectivity index (χ3v) is 5.04. The Hall–Kier alpha value is -3.02. The van der Waals surface area contributed by atoms with Gasteiger partial charge in [0.2, 0.25) is 11.8 Å². The molecule has 0 radical (unpaired) electrons. The average Bonchev–Trinajstić information content (AvgIpc) is 2.77. The van der Waals surface area contributed by atoms with Crippen LogP contribution >= 0.6 is 0 Å². The molecule has 184 valence electrons. The summed E-state index contributed by atoms with van der Waals surface area (Å²) >= 11 is 0. The fraction of sp³-hybridized carbons (Fsp3) is 0.391. The SMILES string of the molecule is Cc1ccnc(NCCCCC(=O)NCC(=O)NC(CC(=O)O)c2ccc(C)c([N+](=O)[O-])c2)c1.[NaH]. The number of nitro groups is 1. The van der Waals surface area contributed by atoms with E-state index in [1.54, 1.807) is 13.1 Å². The van der Waals surface area contributed by atoms with Crippen molar-refractivity contribution < 1.29 is 24.4 Å². The summed E-state index contributed by atoms with van der Waals surface area (Å²) in [5.74, 6) is -1.29. The first-order valence-corrected chi connectivity index (χ1v) is 10.8. The number of pyridine rings is 1. The minimum absolute atomic E-state index is 0. The number of aryl methyl sites for hydroxylation is 2. The number of nitrogens with one attached hydrogen (secondary N) is 3. The fourth-order valence-corrected chi connectivity index (χ4v) is 3.24. The second-order valence-electron chi connectivity index (χ2n) is 7.90. The quantitative estimate of drug-likeness (QED) is 0.142. The molecule has 0 aliphatic heterocycles. The van der Waals surface area contributed by atoms with Gasteiger partial charge < -0.3 is 21.1 Å². The Bertz CT molecular complexity index is 1050. The number of aromatic nitrogens is 1. The van der Waals surface area contributed by atoms with Gasteiger partial charge in [0.05, 0.1) is 23.9 Å². The van der Waals surface area contributed by atoms with E-state index in [2.05, 4.69) is 20.9 Å². The van der Waals surface area contributed by atoms with Gasteiger partial charge in [0.25, 0.3) is 5.69 Å². The van der Waals surface area contributed by atoms with E-state index in [4.69, 9.17) is 0 Å². The number of carboxylic acids is 1. The topological polar surface area (TPSA) is 164 Å². The molecule has 2 aromatic rings. The van der Waals surface area contributed by atoms with Crippen molar-refractivity contribution in [2.45, 2.75) is 45.6 Å². The number of carbonyl (C=O) groups is 3. The second-order valence-corrected chi connectivity index (χ2v) is 7.90. The zero-order valence-corrected chi connectivity index (χ0v) is 19.2. The predicted octanol–water partition coefficient (Wildman–Crippen LogP) is 1.99. The van der Waals surface area contributed by atoms with E-state index in [-0.39, 0.29) is 54.1 Å². The van der Waals surface area contributed by atoms with Gasteiger partial charge in [-0.2, -0.15) is 0 Å². The summed E-state index contributed by atoms with van der Waals surface area (Å²) in [5, 5.41) is 28.6. The summed E-state index contributed by atoms with van der Waals surface area (Å²) in [4.78, 5) is 50.4. The van der Waals surface area contributed by atoms with Crippen molar-refractivity contribution in [3.63, 3.8) is 0 Å². The van der Waals surface area contributed by atoms with E-state index in [1.165, 1.54) is 18.2 Å². The van der Waals surface area contributed by atoms with Crippen LogP contribution in [0.5, 0.6) is 0 Å². The monoisotopic (exact) mass is 495 g/mol. The van der Waals surface area contributed by atoms with Crippen molar-refractivity contribution in [1.29, 1.82) is 0 Å². The summed E-state index contributed by atoms with van der Waals surface area (Å²) in [7, 11) is 0. The molecule has 0 bridgehead atoms. The molecule has 35 heavy (non-hydrogen) atoms. The first-order chi connectivity index (χ1) is 16.2. The van der Waals surface area contributed by atoms with Crippen LogP contribution in [-0.4, -0.2) is 75.4 Å². The summed E-state index contributed by atoms with van der Waals surface area (Å²) in [5.41, 5.74) is 1.66. The maximum atomic E-state index is 12.3. The van der Waals surface area contributed by atoms with Crippen LogP contribution in [0.25, 0.3) is 0 Å². The number of benzene rings is 1. The van der Waals surface area contributed by atoms with Crippen molar-refractivity contribution in [2.24, 2.45) is 0 Å². The number of unbranched alkanes of at least 4 members (excludes halogenated alkanes) is 1. The van der Waals surface area contributed by atoms with E-state index in [0.29, 0.717) is 24.1 Å². The number of amides is 2. The molecule has 0 aliphatic rings. The number of nitro benzene ring substituents is 1. The summed E-state index contributed by atoms with van der Waals surface area (Å²) in [6, 6.07) is 7.15. The Morgan fingerprint density at radius 1 is 1.11 bits per heavy atom. The first kappa shape index (κ1) is 30.0. The Morgan fingerprint density at radius 2 is 1.86 bits per heavy atom. The number of rotatable bonds is 13. The van der Waals surface area contributed by atoms with E-state index in [0.717, 1.165) is 17.8 Å². The third-order valence-electron chi connectivity index (χ3n) is 5.04. The summed E-state index contributed by atoms with van der Waals surface area (Å²) < 4.78 is 0. The normalized spacial score (nSPS) is 11.0. The number of carboxylic acid groups (broad SMARTS) is 1. The molecule has 1 aromatic heterocycles. The molecule has 4 N–H and O–H groups in total. The second kappa shape index (κ2) is 15.1. The fourth-order valence-electron chi connectivity index (χ4n) is 3.24. The van der Waals surface area contributed by atoms with Gasteiger partial charge in [-0.05, 0) is 49.9 Å². The molecule has 2 amide bonds. The van der Waals surface area contributed by atoms with Crippen LogP contribution in [0.1, 0.15) is 48.4 Å². The van der Waals surface area contributed by atoms with Crippen LogP contribution in [0.4, 0.5) is 11.5 Å². The molecule has 0 fully saturated rings. The van der Waals surface area contributed by atoms with Gasteiger partial charge in [-0.25, -0.2) is 4.98 Å². The van der Waals surface area contributed by atoms with Crippen molar-refractivity contribution >= 4 is 58.8 Å².